The van der Waals surface area contributed by atoms with Crippen LogP contribution < -0.4 is 27.4 Å². The monoisotopic (exact) mass is 984 g/mol. The summed E-state index contributed by atoms with van der Waals surface area (Å²) in [5.74, 6) is -1.61. The molecule has 13 N–H and O–H groups in total. The van der Waals surface area contributed by atoms with Crippen molar-refractivity contribution in [2.45, 2.75) is 76.0 Å². The van der Waals surface area contributed by atoms with Crippen molar-refractivity contribution in [2.75, 3.05) is 30.4 Å². The summed E-state index contributed by atoms with van der Waals surface area (Å²) in [6, 6.07) is -3.50. The topological polar surface area (TPSA) is 449 Å². The van der Waals surface area contributed by atoms with Gasteiger partial charge in [-0.25, -0.2) is 23.3 Å². The summed E-state index contributed by atoms with van der Waals surface area (Å²) in [6.07, 6.45) is -4.21. The maximum atomic E-state index is 12.6. The Bertz CT molecular complexity index is 2080. The number of hydrogen-bond donors (Lipinski definition) is 12. The van der Waals surface area contributed by atoms with Gasteiger partial charge in [0.25, 0.3) is 0 Å². The van der Waals surface area contributed by atoms with Gasteiger partial charge >= 0.3 is 47.1 Å². The minimum Gasteiger partial charge on any atom is -0.481 e. The number of phosphoric acid groups is 3. The number of nitrogens with zero attached hydrogens (tertiary/aromatic N) is 2. The molecular formula is C29H43N6O22P3S2. The Hall–Kier alpha value is -3.91. The molecule has 1 saturated heterocycles. The lowest BCUT2D eigenvalue weighted by molar-refractivity contribution is -0.148. The highest BCUT2D eigenvalue weighted by Gasteiger charge is 2.43. The standard InChI is InChI=1S/C29H43N6O22P3S2/c1-15(26(42)32-17(10-23(38)39)27(43)33-18(28(44)45)11-24(40)41)4-3-8-61-62-9-6-21(37)31-7-2-5-16-13-35(29(46)34-25(16)30)22-12-19(36)20(55-22)14-54-59(50,51)57-60(52,53)56-58(47,48)49/h13,15,17-20,22,36H,3-4,6-12,14H2,1H3,(H,31,37)(H,32,42)(H,33,43)(H,38,39)(H,40,41)(H,44,45)(H,50,51)(H,52,53)(H2,30,34,46)(H2,47,48,49)/t15?,17?,18?,19?,20-,22-/m1/s1. The zero-order valence-corrected chi connectivity index (χ0v) is 36.4. The van der Waals surface area contributed by atoms with Crippen LogP contribution in [-0.2, 0) is 60.3 Å². The summed E-state index contributed by atoms with van der Waals surface area (Å²) in [5, 5.41) is 44.2. The molecule has 348 valence electrons. The smallest absolute Gasteiger partial charge is 0.481 e. The van der Waals surface area contributed by atoms with E-state index in [2.05, 4.69) is 40.6 Å². The van der Waals surface area contributed by atoms with Crippen molar-refractivity contribution < 1.29 is 100 Å². The van der Waals surface area contributed by atoms with Crippen LogP contribution in [0.25, 0.3) is 0 Å². The first kappa shape index (κ1) is 54.2. The highest BCUT2D eigenvalue weighted by atomic mass is 33.1. The zero-order valence-electron chi connectivity index (χ0n) is 32.0. The number of aliphatic hydroxyl groups is 1. The lowest BCUT2D eigenvalue weighted by Crippen LogP contribution is -2.53. The van der Waals surface area contributed by atoms with Gasteiger partial charge in [0.2, 0.25) is 17.7 Å². The van der Waals surface area contributed by atoms with Crippen molar-refractivity contribution in [3.63, 3.8) is 0 Å². The molecule has 33 heteroatoms. The summed E-state index contributed by atoms with van der Waals surface area (Å²) >= 11 is 0. The number of carbonyl (C=O) groups excluding carboxylic acids is 3. The third-order valence-electron chi connectivity index (χ3n) is 7.72. The Morgan fingerprint density at radius 3 is 2.19 bits per heavy atom. The van der Waals surface area contributed by atoms with Gasteiger partial charge in [-0.05, 0) is 12.8 Å². The van der Waals surface area contributed by atoms with Gasteiger partial charge in [0.15, 0.2) is 0 Å². The van der Waals surface area contributed by atoms with Gasteiger partial charge in [0.1, 0.15) is 30.2 Å². The number of phosphoric ester groups is 1. The van der Waals surface area contributed by atoms with E-state index in [4.69, 9.17) is 35.6 Å². The fourth-order valence-electron chi connectivity index (χ4n) is 4.84. The SMILES string of the molecule is CC(CCCSSCCC(=O)NCC#Cc1cn([C@H]2CC(O)[C@@H](COP(=O)(O)OP(=O)(O)OP(=O)(O)O)O2)c(=O)nc1N)C(=O)NC(CC(=O)O)C(=O)NC(CC(=O)O)C(=O)O. The highest BCUT2D eigenvalue weighted by molar-refractivity contribution is 8.76. The van der Waals surface area contributed by atoms with Gasteiger partial charge in [-0.3, -0.25) is 33.1 Å². The van der Waals surface area contributed by atoms with Crippen molar-refractivity contribution in [1.29, 1.82) is 0 Å². The number of ether oxygens (including phenoxy) is 1. The molecule has 1 aromatic rings. The minimum absolute atomic E-state index is 0.0137. The summed E-state index contributed by atoms with van der Waals surface area (Å²) in [6.45, 7) is 0.410. The number of amides is 3. The van der Waals surface area contributed by atoms with Crippen molar-refractivity contribution in [3.8, 4) is 11.8 Å². The number of carboxylic acid groups (broad SMARTS) is 3. The second-order valence-corrected chi connectivity index (χ2v) is 19.8. The second kappa shape index (κ2) is 24.8. The van der Waals surface area contributed by atoms with E-state index in [1.807, 2.05) is 5.32 Å². The van der Waals surface area contributed by atoms with Crippen LogP contribution in [0.2, 0.25) is 0 Å². The van der Waals surface area contributed by atoms with E-state index in [1.165, 1.54) is 28.5 Å². The Labute approximate surface area is 357 Å². The number of nitrogen functional groups attached to an aromatic ring is 1. The zero-order chi connectivity index (χ0) is 47.0. The van der Waals surface area contributed by atoms with E-state index in [0.717, 1.165) is 10.8 Å². The van der Waals surface area contributed by atoms with E-state index in [0.29, 0.717) is 24.3 Å². The normalized spacial score (nSPS) is 19.6. The lowest BCUT2D eigenvalue weighted by Gasteiger charge is -2.21. The van der Waals surface area contributed by atoms with Gasteiger partial charge in [-0.1, -0.05) is 40.4 Å². The molecule has 1 fully saturated rings. The molecule has 2 rings (SSSR count). The summed E-state index contributed by atoms with van der Waals surface area (Å²) in [5.41, 5.74) is 4.88. The number of aliphatic hydroxyl groups excluding tert-OH is 1. The molecule has 28 nitrogen and oxygen atoms in total. The quantitative estimate of drug-likeness (QED) is 0.0217. The third-order valence-corrected chi connectivity index (χ3v) is 14.0. The maximum Gasteiger partial charge on any atom is 0.490 e. The fourth-order valence-corrected chi connectivity index (χ4v) is 9.97. The average Bonchev–Trinajstić information content (AvgIpc) is 3.49. The van der Waals surface area contributed by atoms with Crippen LogP contribution in [0.15, 0.2) is 11.0 Å². The van der Waals surface area contributed by atoms with E-state index in [-0.39, 0.29) is 36.7 Å². The molecule has 62 heavy (non-hydrogen) atoms. The number of carbonyl (C=O) groups is 6. The Kier molecular flexibility index (Phi) is 21.7. The van der Waals surface area contributed by atoms with Crippen molar-refractivity contribution >= 4 is 86.5 Å². The molecule has 1 aliphatic rings. The Morgan fingerprint density at radius 2 is 1.58 bits per heavy atom. The van der Waals surface area contributed by atoms with Crippen molar-refractivity contribution in [2.24, 2.45) is 5.92 Å². The number of rotatable bonds is 26. The van der Waals surface area contributed by atoms with Gasteiger partial charge in [0.05, 0.1) is 37.7 Å². The largest absolute Gasteiger partial charge is 0.490 e. The van der Waals surface area contributed by atoms with Crippen LogP contribution in [0.5, 0.6) is 0 Å². The summed E-state index contributed by atoms with van der Waals surface area (Å²) in [4.78, 5) is 123. The van der Waals surface area contributed by atoms with E-state index in [1.54, 1.807) is 0 Å². The van der Waals surface area contributed by atoms with Gasteiger partial charge in [-0.2, -0.15) is 13.6 Å². The number of carboxylic acids is 3. The first-order chi connectivity index (χ1) is 28.7. The van der Waals surface area contributed by atoms with Crippen LogP contribution in [0, 0.1) is 17.8 Å². The summed E-state index contributed by atoms with van der Waals surface area (Å²) < 4.78 is 52.4. The molecule has 0 aromatic carbocycles. The van der Waals surface area contributed by atoms with Gasteiger partial charge in [-0.15, -0.1) is 0 Å². The highest BCUT2D eigenvalue weighted by Crippen LogP contribution is 2.66. The van der Waals surface area contributed by atoms with Crippen LogP contribution in [0.4, 0.5) is 5.82 Å². The van der Waals surface area contributed by atoms with Crippen LogP contribution in [-0.4, -0.2) is 134 Å². The molecule has 0 radical (unpaired) electrons. The molecule has 1 aliphatic heterocycles. The molecule has 0 bridgehead atoms. The third kappa shape index (κ3) is 20.5. The average molecular weight is 985 g/mol. The first-order valence-corrected chi connectivity index (χ1v) is 24.5. The lowest BCUT2D eigenvalue weighted by atomic mass is 10.0. The number of nitrogens with one attached hydrogen (secondary N) is 3. The Balaban J connectivity index is 1.78. The predicted octanol–water partition coefficient (Wildman–Crippen LogP) is -1.52. The van der Waals surface area contributed by atoms with E-state index >= 15 is 0 Å². The van der Waals surface area contributed by atoms with Crippen LogP contribution in [0.3, 0.4) is 0 Å². The molecule has 2 heterocycles. The molecule has 0 aliphatic carbocycles. The summed E-state index contributed by atoms with van der Waals surface area (Å²) in [7, 11) is -14.2. The molecule has 0 spiro atoms. The maximum absolute atomic E-state index is 12.6. The molecule has 6 unspecified atom stereocenters. The van der Waals surface area contributed by atoms with E-state index < -0.39 is 115 Å². The number of nitrogens with two attached hydrogens (primary N) is 1. The van der Waals surface area contributed by atoms with Crippen molar-refractivity contribution in [3.05, 3.63) is 22.2 Å². The number of aromatic nitrogens is 2. The number of aliphatic carboxylic acids is 3. The predicted molar refractivity (Wildman–Crippen MR) is 211 cm³/mol. The molecule has 1 aromatic heterocycles. The molecule has 8 atom stereocenters. The fraction of sp³-hybridized carbons (Fsp3) is 0.586. The van der Waals surface area contributed by atoms with Crippen molar-refractivity contribution in [1.82, 2.24) is 25.5 Å². The number of hydrogen-bond acceptors (Lipinski definition) is 19. The number of anilines is 1. The second-order valence-electron chi connectivity index (χ2n) is 12.7. The van der Waals surface area contributed by atoms with Gasteiger partial charge in [0, 0.05) is 36.5 Å². The van der Waals surface area contributed by atoms with Crippen LogP contribution >= 0.6 is 45.1 Å². The van der Waals surface area contributed by atoms with Crippen LogP contribution in [0.1, 0.15) is 57.2 Å². The van der Waals surface area contributed by atoms with E-state index in [9.17, 15) is 62.2 Å². The molecule has 0 saturated carbocycles. The molecular weight excluding hydrogens is 941 g/mol. The van der Waals surface area contributed by atoms with Gasteiger partial charge < -0.3 is 66.4 Å². The Morgan fingerprint density at radius 1 is 0.968 bits per heavy atom. The first-order valence-electron chi connectivity index (χ1n) is 17.5. The minimum atomic E-state index is -5.79. The molecule has 3 amide bonds.